The van der Waals surface area contributed by atoms with Gasteiger partial charge in [-0.25, -0.2) is 0 Å². The van der Waals surface area contributed by atoms with Crippen LogP contribution in [0.15, 0.2) is 146 Å². The van der Waals surface area contributed by atoms with Crippen molar-refractivity contribution in [3.05, 3.63) is 221 Å². The van der Waals surface area contributed by atoms with Gasteiger partial charge in [0.2, 0.25) is 11.8 Å². The van der Waals surface area contributed by atoms with Crippen LogP contribution in [0.4, 0.5) is 17.1 Å². The summed E-state index contributed by atoms with van der Waals surface area (Å²) >= 11 is 0. The molecule has 6 aromatic heterocycles. The van der Waals surface area contributed by atoms with Gasteiger partial charge >= 0.3 is 24.8 Å². The van der Waals surface area contributed by atoms with Crippen molar-refractivity contribution in [2.45, 2.75) is 66.7 Å². The Labute approximate surface area is 487 Å². The summed E-state index contributed by atoms with van der Waals surface area (Å²) < 4.78 is 6.19. The van der Waals surface area contributed by atoms with Gasteiger partial charge in [-0.2, -0.15) is 0 Å². The Morgan fingerprint density at radius 3 is 1.15 bits per heavy atom. The number of ketones is 1. The van der Waals surface area contributed by atoms with E-state index in [0.717, 1.165) is 85.7 Å². The van der Waals surface area contributed by atoms with Crippen LogP contribution < -0.4 is 52.0 Å². The van der Waals surface area contributed by atoms with Crippen LogP contribution in [-0.2, 0) is 71.7 Å². The van der Waals surface area contributed by atoms with Gasteiger partial charge in [0.05, 0.1) is 52.0 Å². The number of nitrogens with one attached hydrogen (secondary N) is 3. The maximum atomic E-state index is 12.5. The van der Waals surface area contributed by atoms with Crippen LogP contribution in [0.2, 0.25) is 0 Å². The van der Waals surface area contributed by atoms with Gasteiger partial charge in [0.15, 0.2) is 0 Å². The molecular formula is C61H69LiN9O7Pd-. The number of carboxylic acid groups (broad SMARTS) is 1. The molecule has 0 fully saturated rings. The predicted octanol–water partition coefficient (Wildman–Crippen LogP) is 5.87. The first kappa shape index (κ1) is 65.4. The monoisotopic (exact) mass is 1150 g/mol. The molecule has 0 radical (unpaired) electrons. The first-order valence-electron chi connectivity index (χ1n) is 24.9. The molecule has 18 heteroatoms. The Hall–Kier alpha value is -7.89. The Bertz CT molecular complexity index is 3530. The first-order valence-corrected chi connectivity index (χ1v) is 24.9. The van der Waals surface area contributed by atoms with Crippen molar-refractivity contribution in [1.29, 1.82) is 0 Å². The number of fused-ring (bicyclic) bond motifs is 3. The fourth-order valence-electron chi connectivity index (χ4n) is 9.82. The van der Waals surface area contributed by atoms with Crippen LogP contribution in [0, 0.1) is 28.2 Å². The number of hydrogen-bond donors (Lipinski definition) is 7. The zero-order chi connectivity index (χ0) is 53.8. The number of carbonyl (C=O) groups excluding carboxylic acids is 4. The standard InChI is InChI=1S/C20H21N3O3.C20H21N3O2.C20H23N3O.CH3.Li.H2O.Pd/c1-13-15(11-18(21)24)20-16(22-12-19(25)26)8-5-9-23(20)17(13)10-14-6-3-2-4-7-14;1-3-22-15-10-7-11-23-16(12-14-8-5-4-6-9-14)13(2)17(18(15)23)19(24)20(21)25;1-3-22-17-10-7-11-23-18(12-15-8-5-4-6-9-15)14(2)16(20(17)23)13-19(21)24;;;;/h2-9,22H,10-12H2,1H3,(H2,21,24)(H,25,26);4-11,22H,3,12H2,1-2H3,(H2,21,25);4-11,22H,3,12-13H2,1-2H3,(H2,21,24);1H3;;1H2;/q;;;-1;+1;;/p-1. The first-order chi connectivity index (χ1) is 36.1. The number of carboxylic acids is 1. The molecule has 412 valence electrons. The molecule has 3 amide bonds. The van der Waals surface area contributed by atoms with Crippen molar-refractivity contribution < 1.29 is 73.8 Å². The van der Waals surface area contributed by atoms with E-state index >= 15 is 0 Å². The summed E-state index contributed by atoms with van der Waals surface area (Å²) in [5.41, 5.74) is 33.3. The number of rotatable bonds is 19. The number of carbonyl (C=O) groups is 5. The summed E-state index contributed by atoms with van der Waals surface area (Å²) in [6.07, 6.45) is 8.46. The summed E-state index contributed by atoms with van der Waals surface area (Å²) in [7, 11) is 0. The van der Waals surface area contributed by atoms with Gasteiger partial charge in [-0.3, -0.25) is 24.0 Å². The Morgan fingerprint density at radius 1 is 0.494 bits per heavy atom. The maximum absolute atomic E-state index is 12.5. The van der Waals surface area contributed by atoms with Gasteiger partial charge in [-0.05, 0) is 116 Å². The fourth-order valence-corrected chi connectivity index (χ4v) is 9.82. The smallest absolute Gasteiger partial charge is 0.870 e. The molecule has 9 rings (SSSR count). The van der Waals surface area contributed by atoms with Crippen molar-refractivity contribution >= 4 is 63.1 Å². The van der Waals surface area contributed by atoms with Crippen LogP contribution in [0.5, 0.6) is 0 Å². The molecule has 3 aromatic carbocycles. The van der Waals surface area contributed by atoms with Gasteiger partial charge in [0.25, 0.3) is 11.7 Å². The minimum absolute atomic E-state index is 0. The third-order valence-corrected chi connectivity index (χ3v) is 13.2. The molecule has 9 aromatic rings. The second kappa shape index (κ2) is 30.3. The largest absolute Gasteiger partial charge is 1.00 e. The average Bonchev–Trinajstić information content (AvgIpc) is 4.07. The van der Waals surface area contributed by atoms with Gasteiger partial charge in [-0.15, -0.1) is 0 Å². The van der Waals surface area contributed by atoms with Gasteiger partial charge < -0.3 is 64.4 Å². The minimum Gasteiger partial charge on any atom is -0.870 e. The normalized spacial score (nSPS) is 10.3. The van der Waals surface area contributed by atoms with Gasteiger partial charge in [0, 0.05) is 88.4 Å². The molecule has 0 aliphatic carbocycles. The average molecular weight is 1150 g/mol. The van der Waals surface area contributed by atoms with E-state index in [1.165, 1.54) is 11.3 Å². The number of benzene rings is 3. The second-order valence-corrected chi connectivity index (χ2v) is 18.2. The van der Waals surface area contributed by atoms with Crippen LogP contribution in [0.1, 0.15) is 85.8 Å². The quantitative estimate of drug-likeness (QED) is 0.0219. The molecular weight excluding hydrogens is 1080 g/mol. The van der Waals surface area contributed by atoms with Crippen LogP contribution in [0.25, 0.3) is 16.6 Å². The van der Waals surface area contributed by atoms with Crippen molar-refractivity contribution in [2.24, 2.45) is 17.2 Å². The van der Waals surface area contributed by atoms with Gasteiger partial charge in [0.1, 0.15) is 6.54 Å². The van der Waals surface area contributed by atoms with Crippen molar-refractivity contribution in [3.8, 4) is 0 Å². The van der Waals surface area contributed by atoms with E-state index in [1.54, 1.807) is 0 Å². The molecule has 0 atom stereocenters. The van der Waals surface area contributed by atoms with Crippen LogP contribution in [-0.4, -0.2) is 72.9 Å². The Morgan fingerprint density at radius 2 is 0.823 bits per heavy atom. The molecule has 0 saturated carbocycles. The third kappa shape index (κ3) is 15.4. The van der Waals surface area contributed by atoms with Crippen LogP contribution in [0.3, 0.4) is 0 Å². The molecule has 0 spiro atoms. The third-order valence-electron chi connectivity index (χ3n) is 13.2. The number of aromatic nitrogens is 3. The van der Waals surface area contributed by atoms with Crippen molar-refractivity contribution in [2.75, 3.05) is 35.6 Å². The number of Topliss-reactive ketones (excluding diaryl/α,β-unsaturated/α-hetero) is 1. The molecule has 0 unspecified atom stereocenters. The molecule has 0 aliphatic heterocycles. The molecule has 0 bridgehead atoms. The van der Waals surface area contributed by atoms with E-state index in [-0.39, 0.29) is 77.5 Å². The SMILES string of the molecule is CCNc1cccn2c(Cc3ccccc3)c(C)c(C(=O)C(N)=O)c12.CCNc1cccn2c(Cc3ccccc3)c(C)c(CC(N)=O)c12.Cc1c(CC(N)=O)c2c(NCC(=O)O)cccn2c1Cc1ccccc1.[CH3-].[Li+].[OH-].[Pd]. The predicted molar refractivity (Wildman–Crippen MR) is 306 cm³/mol. The molecule has 6 heterocycles. The number of aliphatic carboxylic acids is 1. The second-order valence-electron chi connectivity index (χ2n) is 18.2. The van der Waals surface area contributed by atoms with E-state index in [9.17, 15) is 24.0 Å². The zero-order valence-corrected chi connectivity index (χ0v) is 47.4. The number of anilines is 3. The number of nitrogens with two attached hydrogens (primary N) is 3. The maximum Gasteiger partial charge on any atom is 1.00 e. The zero-order valence-electron chi connectivity index (χ0n) is 45.8. The minimum atomic E-state index is -0.948. The Kier molecular flexibility index (Phi) is 25.1. The fraction of sp³-hybridized carbons (Fsp3) is 0.213. The topological polar surface area (TPSA) is 263 Å². The molecule has 79 heavy (non-hydrogen) atoms. The van der Waals surface area contributed by atoms with E-state index in [1.807, 2.05) is 127 Å². The number of hydrogen-bond acceptors (Lipinski definition) is 9. The van der Waals surface area contributed by atoms with Crippen LogP contribution >= 0.6 is 0 Å². The van der Waals surface area contributed by atoms with E-state index < -0.39 is 23.6 Å². The van der Waals surface area contributed by atoms with Crippen molar-refractivity contribution in [3.63, 3.8) is 0 Å². The van der Waals surface area contributed by atoms with E-state index in [0.29, 0.717) is 36.2 Å². The number of nitrogens with zero attached hydrogens (tertiary/aromatic N) is 3. The molecule has 16 nitrogen and oxygen atoms in total. The molecule has 11 N–H and O–H groups in total. The summed E-state index contributed by atoms with van der Waals surface area (Å²) in [6.45, 7) is 11.3. The number of amides is 3. The van der Waals surface area contributed by atoms with Gasteiger partial charge in [-0.1, -0.05) is 91.0 Å². The molecule has 0 saturated heterocycles. The molecule has 0 aliphatic rings. The van der Waals surface area contributed by atoms with E-state index in [2.05, 4.69) is 82.9 Å². The summed E-state index contributed by atoms with van der Waals surface area (Å²) in [6, 6.07) is 42.1. The van der Waals surface area contributed by atoms with E-state index in [4.69, 9.17) is 22.3 Å². The summed E-state index contributed by atoms with van der Waals surface area (Å²) in [5, 5.41) is 18.6. The number of primary amides is 3. The summed E-state index contributed by atoms with van der Waals surface area (Å²) in [4.78, 5) is 58.2. The number of pyridine rings is 3. The summed E-state index contributed by atoms with van der Waals surface area (Å²) in [5.74, 6) is -3.26. The van der Waals surface area contributed by atoms with Crippen molar-refractivity contribution in [1.82, 2.24) is 13.2 Å². The Balaban J connectivity index is 0.000000304.